The number of carbonyl (C=O) groups excluding carboxylic acids is 1. The molecule has 0 aromatic heterocycles. The van der Waals surface area contributed by atoms with Crippen molar-refractivity contribution in [3.63, 3.8) is 0 Å². The predicted octanol–water partition coefficient (Wildman–Crippen LogP) is 3.51. The van der Waals surface area contributed by atoms with Gasteiger partial charge in [-0.05, 0) is 30.0 Å². The number of carbonyl (C=O) groups is 1. The molecule has 0 aliphatic rings. The van der Waals surface area contributed by atoms with Gasteiger partial charge in [-0.15, -0.1) is 0 Å². The maximum atomic E-state index is 13.0. The number of benzene rings is 1. The van der Waals surface area contributed by atoms with Crippen LogP contribution < -0.4 is 5.32 Å². The van der Waals surface area contributed by atoms with Crippen molar-refractivity contribution in [1.82, 2.24) is 0 Å². The summed E-state index contributed by atoms with van der Waals surface area (Å²) < 4.78 is 13.0. The van der Waals surface area contributed by atoms with Crippen LogP contribution in [0.25, 0.3) is 0 Å². The van der Waals surface area contributed by atoms with Crippen LogP contribution in [-0.2, 0) is 4.79 Å². The van der Waals surface area contributed by atoms with Crippen LogP contribution in [0.4, 0.5) is 10.1 Å². The topological polar surface area (TPSA) is 29.1 Å². The van der Waals surface area contributed by atoms with Gasteiger partial charge in [0.05, 0.1) is 0 Å². The van der Waals surface area contributed by atoms with Gasteiger partial charge in [0, 0.05) is 12.1 Å². The van der Waals surface area contributed by atoms with Gasteiger partial charge in [0.15, 0.2) is 0 Å². The molecule has 0 spiro atoms. The van der Waals surface area contributed by atoms with Crippen molar-refractivity contribution in [3.8, 4) is 0 Å². The van der Waals surface area contributed by atoms with Crippen LogP contribution in [0.3, 0.4) is 0 Å². The maximum absolute atomic E-state index is 13.0. The van der Waals surface area contributed by atoms with Crippen molar-refractivity contribution in [2.45, 2.75) is 34.1 Å². The van der Waals surface area contributed by atoms with Crippen LogP contribution in [0.5, 0.6) is 0 Å². The molecular formula is C13H18FNO. The second-order valence-electron chi connectivity index (χ2n) is 5.24. The maximum Gasteiger partial charge on any atom is 0.224 e. The van der Waals surface area contributed by atoms with Crippen LogP contribution in [0, 0.1) is 18.2 Å². The van der Waals surface area contributed by atoms with Crippen LogP contribution in [0.1, 0.15) is 32.8 Å². The van der Waals surface area contributed by atoms with Gasteiger partial charge in [-0.1, -0.05) is 26.8 Å². The molecule has 0 saturated heterocycles. The molecule has 1 amide bonds. The van der Waals surface area contributed by atoms with Gasteiger partial charge in [0.1, 0.15) is 5.82 Å². The minimum atomic E-state index is -0.336. The van der Waals surface area contributed by atoms with Crippen LogP contribution in [0.2, 0.25) is 0 Å². The molecule has 0 atom stereocenters. The number of nitrogens with one attached hydrogen (secondary N) is 1. The monoisotopic (exact) mass is 223 g/mol. The summed E-state index contributed by atoms with van der Waals surface area (Å²) in [7, 11) is 0. The summed E-state index contributed by atoms with van der Waals surface area (Å²) >= 11 is 0. The van der Waals surface area contributed by atoms with E-state index < -0.39 is 0 Å². The van der Waals surface area contributed by atoms with E-state index in [9.17, 15) is 9.18 Å². The fourth-order valence-corrected chi connectivity index (χ4v) is 1.40. The third kappa shape index (κ3) is 4.01. The molecule has 3 heteroatoms. The molecule has 1 rings (SSSR count). The van der Waals surface area contributed by atoms with Crippen molar-refractivity contribution in [1.29, 1.82) is 0 Å². The largest absolute Gasteiger partial charge is 0.326 e. The van der Waals surface area contributed by atoms with E-state index >= 15 is 0 Å². The number of anilines is 1. The van der Waals surface area contributed by atoms with Gasteiger partial charge < -0.3 is 5.32 Å². The SMILES string of the molecule is Cc1ccc(F)cc1NC(=O)CC(C)(C)C. The molecule has 1 N–H and O–H groups in total. The van der Waals surface area contributed by atoms with Crippen molar-refractivity contribution >= 4 is 11.6 Å². The summed E-state index contributed by atoms with van der Waals surface area (Å²) in [5.74, 6) is -0.419. The van der Waals surface area contributed by atoms with Gasteiger partial charge in [-0.25, -0.2) is 4.39 Å². The predicted molar refractivity (Wildman–Crippen MR) is 63.8 cm³/mol. The third-order valence-corrected chi connectivity index (χ3v) is 2.16. The highest BCUT2D eigenvalue weighted by atomic mass is 19.1. The Hall–Kier alpha value is -1.38. The highest BCUT2D eigenvalue weighted by Gasteiger charge is 2.16. The molecule has 16 heavy (non-hydrogen) atoms. The van der Waals surface area contributed by atoms with E-state index in [0.29, 0.717) is 12.1 Å². The zero-order valence-corrected chi connectivity index (χ0v) is 10.2. The molecule has 88 valence electrons. The Morgan fingerprint density at radius 2 is 2.00 bits per heavy atom. The summed E-state index contributed by atoms with van der Waals surface area (Å²) in [6.07, 6.45) is 0.420. The highest BCUT2D eigenvalue weighted by molar-refractivity contribution is 5.91. The second-order valence-corrected chi connectivity index (χ2v) is 5.24. The molecule has 0 radical (unpaired) electrons. The first-order chi connectivity index (χ1) is 7.28. The van der Waals surface area contributed by atoms with Gasteiger partial charge in [-0.3, -0.25) is 4.79 Å². The van der Waals surface area contributed by atoms with Crippen LogP contribution in [0.15, 0.2) is 18.2 Å². The lowest BCUT2D eigenvalue weighted by molar-refractivity contribution is -0.117. The Morgan fingerprint density at radius 3 is 2.56 bits per heavy atom. The number of aryl methyl sites for hydroxylation is 1. The van der Waals surface area contributed by atoms with E-state index in [0.717, 1.165) is 5.56 Å². The molecule has 1 aromatic rings. The molecule has 1 aromatic carbocycles. The summed E-state index contributed by atoms with van der Waals surface area (Å²) in [5, 5.41) is 2.73. The molecule has 2 nitrogen and oxygen atoms in total. The number of hydrogen-bond donors (Lipinski definition) is 1. The fourth-order valence-electron chi connectivity index (χ4n) is 1.40. The zero-order chi connectivity index (χ0) is 12.3. The minimum absolute atomic E-state index is 0.0642. The average molecular weight is 223 g/mol. The Morgan fingerprint density at radius 1 is 1.38 bits per heavy atom. The van der Waals surface area contributed by atoms with Gasteiger partial charge in [0.25, 0.3) is 0 Å². The van der Waals surface area contributed by atoms with E-state index in [-0.39, 0.29) is 17.1 Å². The third-order valence-electron chi connectivity index (χ3n) is 2.16. The molecule has 0 saturated carbocycles. The number of hydrogen-bond acceptors (Lipinski definition) is 1. The summed E-state index contributed by atoms with van der Waals surface area (Å²) in [5.41, 5.74) is 1.35. The molecule has 0 heterocycles. The smallest absolute Gasteiger partial charge is 0.224 e. The van der Waals surface area contributed by atoms with Crippen molar-refractivity contribution < 1.29 is 9.18 Å². The van der Waals surface area contributed by atoms with Crippen LogP contribution in [-0.4, -0.2) is 5.91 Å². The Kier molecular flexibility index (Phi) is 3.68. The fraction of sp³-hybridized carbons (Fsp3) is 0.462. The lowest BCUT2D eigenvalue weighted by Crippen LogP contribution is -2.20. The first kappa shape index (κ1) is 12.7. The number of amides is 1. The second kappa shape index (κ2) is 4.64. The normalized spacial score (nSPS) is 11.3. The van der Waals surface area contributed by atoms with Crippen molar-refractivity contribution in [3.05, 3.63) is 29.6 Å². The van der Waals surface area contributed by atoms with Gasteiger partial charge in [-0.2, -0.15) is 0 Å². The molecule has 0 bridgehead atoms. The van der Waals surface area contributed by atoms with E-state index in [1.807, 2.05) is 27.7 Å². The highest BCUT2D eigenvalue weighted by Crippen LogP contribution is 2.21. The van der Waals surface area contributed by atoms with Crippen molar-refractivity contribution in [2.24, 2.45) is 5.41 Å². The van der Waals surface area contributed by atoms with E-state index in [1.165, 1.54) is 12.1 Å². The molecular weight excluding hydrogens is 205 g/mol. The Balaban J connectivity index is 2.73. The number of rotatable bonds is 2. The lowest BCUT2D eigenvalue weighted by Gasteiger charge is -2.17. The molecule has 0 aliphatic carbocycles. The first-order valence-corrected chi connectivity index (χ1v) is 5.34. The lowest BCUT2D eigenvalue weighted by atomic mass is 9.92. The van der Waals surface area contributed by atoms with Gasteiger partial charge >= 0.3 is 0 Å². The van der Waals surface area contributed by atoms with Crippen molar-refractivity contribution in [2.75, 3.05) is 5.32 Å². The molecule has 0 fully saturated rings. The van der Waals surface area contributed by atoms with E-state index in [4.69, 9.17) is 0 Å². The molecule has 0 aliphatic heterocycles. The Labute approximate surface area is 95.9 Å². The summed E-state index contributed by atoms with van der Waals surface area (Å²) in [6, 6.07) is 4.38. The number of halogens is 1. The Bertz CT molecular complexity index is 393. The average Bonchev–Trinajstić information content (AvgIpc) is 2.08. The standard InChI is InChI=1S/C13H18FNO/c1-9-5-6-10(14)7-11(9)15-12(16)8-13(2,3)4/h5-7H,8H2,1-4H3,(H,15,16). The van der Waals surface area contributed by atoms with Gasteiger partial charge in [0.2, 0.25) is 5.91 Å². The van der Waals surface area contributed by atoms with E-state index in [1.54, 1.807) is 6.07 Å². The molecule has 0 unspecified atom stereocenters. The zero-order valence-electron chi connectivity index (χ0n) is 10.2. The first-order valence-electron chi connectivity index (χ1n) is 5.34. The summed E-state index contributed by atoms with van der Waals surface area (Å²) in [6.45, 7) is 7.81. The van der Waals surface area contributed by atoms with E-state index in [2.05, 4.69) is 5.32 Å². The summed E-state index contributed by atoms with van der Waals surface area (Å²) in [4.78, 5) is 11.7. The quantitative estimate of drug-likeness (QED) is 0.816. The minimum Gasteiger partial charge on any atom is -0.326 e. The van der Waals surface area contributed by atoms with Crippen LogP contribution >= 0.6 is 0 Å².